The standard InChI is InChI=1S/C24H24N2O3/c1-16-6-3-9-19(12-16)24(28)26(15-21-10-5-11-29-21)14-20-13-18-8-4-7-17(2)22(18)25-23(20)27/h3-4,6-10,12-13H,5,11,14-15H2,1-2H3,(H,25,27). The number of aryl methyl sites for hydroxylation is 2. The molecule has 0 atom stereocenters. The third-order valence-electron chi connectivity index (χ3n) is 5.20. The van der Waals surface area contributed by atoms with Crippen LogP contribution in [0.5, 0.6) is 0 Å². The molecule has 5 nitrogen and oxygen atoms in total. The molecule has 1 aliphatic heterocycles. The van der Waals surface area contributed by atoms with Gasteiger partial charge in [-0.05, 0) is 49.1 Å². The van der Waals surface area contributed by atoms with Gasteiger partial charge in [-0.1, -0.05) is 35.9 Å². The van der Waals surface area contributed by atoms with Crippen molar-refractivity contribution in [3.63, 3.8) is 0 Å². The molecule has 0 radical (unpaired) electrons. The van der Waals surface area contributed by atoms with E-state index >= 15 is 0 Å². The Kier molecular flexibility index (Phi) is 5.21. The van der Waals surface area contributed by atoms with Crippen LogP contribution in [-0.2, 0) is 11.3 Å². The van der Waals surface area contributed by atoms with E-state index in [0.717, 1.165) is 34.2 Å². The lowest BCUT2D eigenvalue weighted by Gasteiger charge is -2.23. The summed E-state index contributed by atoms with van der Waals surface area (Å²) in [5.74, 6) is 0.660. The third-order valence-corrected chi connectivity index (χ3v) is 5.20. The molecule has 0 aliphatic carbocycles. The van der Waals surface area contributed by atoms with Crippen LogP contribution in [0.15, 0.2) is 65.2 Å². The van der Waals surface area contributed by atoms with E-state index in [0.29, 0.717) is 24.3 Å². The normalized spacial score (nSPS) is 13.2. The summed E-state index contributed by atoms with van der Waals surface area (Å²) in [6.07, 6.45) is 2.85. The van der Waals surface area contributed by atoms with E-state index in [1.165, 1.54) is 0 Å². The van der Waals surface area contributed by atoms with Gasteiger partial charge in [0.2, 0.25) is 0 Å². The Bertz CT molecular complexity index is 1160. The van der Waals surface area contributed by atoms with Crippen molar-refractivity contribution in [3.05, 3.63) is 93.0 Å². The lowest BCUT2D eigenvalue weighted by Crippen LogP contribution is -2.34. The molecule has 148 valence electrons. The molecule has 0 spiro atoms. The van der Waals surface area contributed by atoms with Crippen molar-refractivity contribution in [2.24, 2.45) is 0 Å². The number of benzene rings is 2. The number of hydrogen-bond acceptors (Lipinski definition) is 3. The molecule has 4 rings (SSSR count). The number of pyridine rings is 1. The number of carbonyl (C=O) groups is 1. The number of amides is 1. The minimum Gasteiger partial charge on any atom is -0.496 e. The summed E-state index contributed by atoms with van der Waals surface area (Å²) in [4.78, 5) is 30.6. The Hall–Kier alpha value is -3.34. The number of H-pyrrole nitrogens is 1. The minimum absolute atomic E-state index is 0.117. The van der Waals surface area contributed by atoms with Crippen molar-refractivity contribution < 1.29 is 9.53 Å². The Morgan fingerprint density at radius 1 is 1.10 bits per heavy atom. The van der Waals surface area contributed by atoms with Gasteiger partial charge in [-0.2, -0.15) is 0 Å². The van der Waals surface area contributed by atoms with Gasteiger partial charge in [-0.3, -0.25) is 9.59 Å². The summed E-state index contributed by atoms with van der Waals surface area (Å²) >= 11 is 0. The predicted molar refractivity (Wildman–Crippen MR) is 114 cm³/mol. The quantitative estimate of drug-likeness (QED) is 0.716. The van der Waals surface area contributed by atoms with E-state index in [9.17, 15) is 9.59 Å². The Balaban J connectivity index is 1.70. The molecule has 2 aromatic carbocycles. The van der Waals surface area contributed by atoms with Gasteiger partial charge < -0.3 is 14.6 Å². The average Bonchev–Trinajstić information content (AvgIpc) is 3.21. The summed E-state index contributed by atoms with van der Waals surface area (Å²) in [5, 5.41) is 0.957. The van der Waals surface area contributed by atoms with Crippen molar-refractivity contribution in [1.29, 1.82) is 0 Å². The van der Waals surface area contributed by atoms with Gasteiger partial charge in [0.25, 0.3) is 11.5 Å². The van der Waals surface area contributed by atoms with E-state index in [1.807, 2.05) is 62.4 Å². The maximum absolute atomic E-state index is 13.2. The number of carbonyl (C=O) groups excluding carboxylic acids is 1. The Labute approximate surface area is 169 Å². The summed E-state index contributed by atoms with van der Waals surface area (Å²) < 4.78 is 5.63. The van der Waals surface area contributed by atoms with Crippen LogP contribution in [0, 0.1) is 13.8 Å². The van der Waals surface area contributed by atoms with E-state index in [2.05, 4.69) is 4.98 Å². The lowest BCUT2D eigenvalue weighted by molar-refractivity contribution is 0.0727. The second kappa shape index (κ2) is 7.95. The zero-order chi connectivity index (χ0) is 20.4. The zero-order valence-corrected chi connectivity index (χ0v) is 16.7. The fourth-order valence-corrected chi connectivity index (χ4v) is 3.68. The number of para-hydroxylation sites is 1. The molecule has 2 heterocycles. The molecule has 0 fully saturated rings. The predicted octanol–water partition coefficient (Wildman–Crippen LogP) is 4.09. The van der Waals surface area contributed by atoms with Crippen molar-refractivity contribution in [3.8, 4) is 0 Å². The first kappa shape index (κ1) is 19.0. The van der Waals surface area contributed by atoms with Crippen LogP contribution in [-0.4, -0.2) is 28.9 Å². The van der Waals surface area contributed by atoms with Crippen LogP contribution in [0.3, 0.4) is 0 Å². The monoisotopic (exact) mass is 388 g/mol. The molecule has 0 unspecified atom stereocenters. The van der Waals surface area contributed by atoms with Crippen molar-refractivity contribution in [2.75, 3.05) is 13.2 Å². The number of hydrogen-bond donors (Lipinski definition) is 1. The fraction of sp³-hybridized carbons (Fsp3) is 0.250. The van der Waals surface area contributed by atoms with Gasteiger partial charge in [-0.25, -0.2) is 0 Å². The van der Waals surface area contributed by atoms with Crippen LogP contribution in [0.2, 0.25) is 0 Å². The summed E-state index contributed by atoms with van der Waals surface area (Å²) in [7, 11) is 0. The van der Waals surface area contributed by atoms with Gasteiger partial charge in [0, 0.05) is 17.5 Å². The van der Waals surface area contributed by atoms with Gasteiger partial charge in [0.15, 0.2) is 0 Å². The largest absolute Gasteiger partial charge is 0.496 e. The molecule has 1 amide bonds. The number of fused-ring (bicyclic) bond motifs is 1. The number of ether oxygens (including phenoxy) is 1. The highest BCUT2D eigenvalue weighted by molar-refractivity contribution is 5.94. The molecule has 1 aliphatic rings. The third kappa shape index (κ3) is 4.09. The second-order valence-electron chi connectivity index (χ2n) is 7.50. The van der Waals surface area contributed by atoms with Crippen molar-refractivity contribution in [1.82, 2.24) is 9.88 Å². The van der Waals surface area contributed by atoms with Crippen LogP contribution in [0.25, 0.3) is 10.9 Å². The zero-order valence-electron chi connectivity index (χ0n) is 16.7. The van der Waals surface area contributed by atoms with Gasteiger partial charge in [0.05, 0.1) is 25.2 Å². The van der Waals surface area contributed by atoms with Crippen LogP contribution in [0.1, 0.15) is 33.5 Å². The molecule has 1 aromatic heterocycles. The number of rotatable bonds is 5. The highest BCUT2D eigenvalue weighted by atomic mass is 16.5. The smallest absolute Gasteiger partial charge is 0.254 e. The van der Waals surface area contributed by atoms with Crippen molar-refractivity contribution in [2.45, 2.75) is 26.8 Å². The highest BCUT2D eigenvalue weighted by Crippen LogP contribution is 2.19. The first-order chi connectivity index (χ1) is 14.0. The maximum atomic E-state index is 13.2. The van der Waals surface area contributed by atoms with E-state index in [1.54, 1.807) is 11.0 Å². The van der Waals surface area contributed by atoms with Gasteiger partial charge >= 0.3 is 0 Å². The van der Waals surface area contributed by atoms with Gasteiger partial charge in [-0.15, -0.1) is 0 Å². The van der Waals surface area contributed by atoms with Gasteiger partial charge in [0.1, 0.15) is 5.76 Å². The molecular formula is C24H24N2O3. The van der Waals surface area contributed by atoms with Crippen LogP contribution in [0.4, 0.5) is 0 Å². The first-order valence-corrected chi connectivity index (χ1v) is 9.80. The Morgan fingerprint density at radius 3 is 2.69 bits per heavy atom. The number of nitrogens with zero attached hydrogens (tertiary/aromatic N) is 1. The number of nitrogens with one attached hydrogen (secondary N) is 1. The number of aromatic amines is 1. The minimum atomic E-state index is -0.171. The van der Waals surface area contributed by atoms with Crippen molar-refractivity contribution >= 4 is 16.8 Å². The van der Waals surface area contributed by atoms with E-state index in [-0.39, 0.29) is 18.0 Å². The summed E-state index contributed by atoms with van der Waals surface area (Å²) in [6.45, 7) is 5.12. The molecule has 5 heteroatoms. The first-order valence-electron chi connectivity index (χ1n) is 9.80. The molecule has 3 aromatic rings. The molecule has 1 N–H and O–H groups in total. The number of aromatic nitrogens is 1. The maximum Gasteiger partial charge on any atom is 0.254 e. The average molecular weight is 388 g/mol. The molecular weight excluding hydrogens is 364 g/mol. The summed E-state index contributed by atoms with van der Waals surface area (Å²) in [6, 6.07) is 15.3. The van der Waals surface area contributed by atoms with E-state index in [4.69, 9.17) is 4.74 Å². The Morgan fingerprint density at radius 2 is 1.93 bits per heavy atom. The molecule has 0 saturated heterocycles. The molecule has 29 heavy (non-hydrogen) atoms. The second-order valence-corrected chi connectivity index (χ2v) is 7.50. The topological polar surface area (TPSA) is 62.4 Å². The molecule has 0 saturated carbocycles. The summed E-state index contributed by atoms with van der Waals surface area (Å²) in [5.41, 5.74) is 3.86. The van der Waals surface area contributed by atoms with Crippen LogP contribution >= 0.6 is 0 Å². The van der Waals surface area contributed by atoms with Crippen LogP contribution < -0.4 is 5.56 Å². The highest BCUT2D eigenvalue weighted by Gasteiger charge is 2.21. The molecule has 0 bridgehead atoms. The van der Waals surface area contributed by atoms with E-state index < -0.39 is 0 Å². The fourth-order valence-electron chi connectivity index (χ4n) is 3.68. The lowest BCUT2D eigenvalue weighted by atomic mass is 10.1. The SMILES string of the molecule is Cc1cccc(C(=O)N(CC2=CCCO2)Cc2cc3cccc(C)c3[nH]c2=O)c1.